The Bertz CT molecular complexity index is 952. The van der Waals surface area contributed by atoms with Crippen molar-refractivity contribution in [2.45, 2.75) is 29.4 Å². The highest BCUT2D eigenvalue weighted by Crippen LogP contribution is 2.35. The molecule has 7 nitrogen and oxygen atoms in total. The number of aromatic carboxylic acids is 1. The molecule has 1 amide bonds. The van der Waals surface area contributed by atoms with Crippen molar-refractivity contribution in [2.24, 2.45) is 0 Å². The molecule has 1 unspecified atom stereocenters. The normalized spacial score (nSPS) is 16.6. The summed E-state index contributed by atoms with van der Waals surface area (Å²) >= 11 is 2.59. The average Bonchev–Trinajstić information content (AvgIpc) is 3.33. The van der Waals surface area contributed by atoms with Crippen LogP contribution in [0.5, 0.6) is 5.75 Å². The Balaban J connectivity index is 1.59. The van der Waals surface area contributed by atoms with Gasteiger partial charge >= 0.3 is 12.1 Å². The van der Waals surface area contributed by atoms with E-state index >= 15 is 0 Å². The predicted molar refractivity (Wildman–Crippen MR) is 111 cm³/mol. The highest BCUT2D eigenvalue weighted by molar-refractivity contribution is 8.01. The topological polar surface area (TPSA) is 91.8 Å². The molecule has 2 aromatic rings. The fraction of sp³-hybridized carbons (Fsp3) is 0.421. The second kappa shape index (κ2) is 9.77. The van der Waals surface area contributed by atoms with Crippen LogP contribution in [0.4, 0.5) is 18.9 Å². The molecule has 1 fully saturated rings. The molecular formula is C19H20F3N3O4S2. The van der Waals surface area contributed by atoms with Crippen molar-refractivity contribution in [3.05, 3.63) is 34.8 Å². The standard InChI is InChI=1S/C19H20F3N3O4S2/c1-29-15-4-2-11(19(20,21)22)8-13(15)23-9-12-3-5-16(26)25(12)6-7-30-18-24-14(10-31-18)17(27)28/h2,4,8,10,12,23H,3,5-7,9H2,1H3,(H,27,28). The third-order valence-corrected chi connectivity index (χ3v) is 6.77. The van der Waals surface area contributed by atoms with Gasteiger partial charge in [0.05, 0.1) is 18.4 Å². The number of likely N-dealkylation sites (tertiary alicyclic amines) is 1. The smallest absolute Gasteiger partial charge is 0.416 e. The lowest BCUT2D eigenvalue weighted by Gasteiger charge is -2.25. The predicted octanol–water partition coefficient (Wildman–Crippen LogP) is 4.06. The minimum absolute atomic E-state index is 0.0122. The van der Waals surface area contributed by atoms with Gasteiger partial charge in [-0.2, -0.15) is 13.2 Å². The minimum Gasteiger partial charge on any atom is -0.495 e. The number of ether oxygens (including phenoxy) is 1. The van der Waals surface area contributed by atoms with Gasteiger partial charge in [0.2, 0.25) is 5.91 Å². The number of benzene rings is 1. The van der Waals surface area contributed by atoms with Crippen LogP contribution in [0.15, 0.2) is 27.9 Å². The molecule has 0 radical (unpaired) electrons. The molecule has 1 aromatic heterocycles. The molecule has 3 rings (SSSR count). The molecule has 1 aliphatic heterocycles. The zero-order valence-corrected chi connectivity index (χ0v) is 18.1. The van der Waals surface area contributed by atoms with Crippen LogP contribution in [-0.2, 0) is 11.0 Å². The highest BCUT2D eigenvalue weighted by Gasteiger charge is 2.33. The summed E-state index contributed by atoms with van der Waals surface area (Å²) in [7, 11) is 1.38. The van der Waals surface area contributed by atoms with Crippen molar-refractivity contribution in [1.82, 2.24) is 9.88 Å². The van der Waals surface area contributed by atoms with Crippen LogP contribution < -0.4 is 10.1 Å². The van der Waals surface area contributed by atoms with Gasteiger partial charge in [0.15, 0.2) is 10.0 Å². The SMILES string of the molecule is COc1ccc(C(F)(F)F)cc1NCC1CCC(=O)N1CCSc1nc(C(=O)O)cs1. The molecule has 0 aliphatic carbocycles. The Hall–Kier alpha value is -2.47. The molecular weight excluding hydrogens is 455 g/mol. The first-order valence-electron chi connectivity index (χ1n) is 9.29. The molecule has 12 heteroatoms. The number of nitrogens with one attached hydrogen (secondary N) is 1. The van der Waals surface area contributed by atoms with Crippen LogP contribution in [0.25, 0.3) is 0 Å². The Morgan fingerprint density at radius 2 is 2.23 bits per heavy atom. The molecule has 2 N–H and O–H groups in total. The van der Waals surface area contributed by atoms with Crippen LogP contribution in [0.3, 0.4) is 0 Å². The highest BCUT2D eigenvalue weighted by atomic mass is 32.2. The molecule has 1 atom stereocenters. The lowest BCUT2D eigenvalue weighted by molar-refractivity contribution is -0.137. The van der Waals surface area contributed by atoms with Gasteiger partial charge in [-0.25, -0.2) is 9.78 Å². The number of methoxy groups -OCH3 is 1. The van der Waals surface area contributed by atoms with Gasteiger partial charge in [-0.3, -0.25) is 4.79 Å². The van der Waals surface area contributed by atoms with E-state index in [1.165, 1.54) is 41.7 Å². The van der Waals surface area contributed by atoms with E-state index in [2.05, 4.69) is 10.3 Å². The van der Waals surface area contributed by atoms with Crippen molar-refractivity contribution in [1.29, 1.82) is 0 Å². The van der Waals surface area contributed by atoms with E-state index in [0.717, 1.165) is 12.1 Å². The lowest BCUT2D eigenvalue weighted by atomic mass is 10.1. The number of rotatable bonds is 9. The third-order valence-electron chi connectivity index (χ3n) is 4.77. The summed E-state index contributed by atoms with van der Waals surface area (Å²) in [5.74, 6) is -0.290. The van der Waals surface area contributed by atoms with Gasteiger partial charge in [-0.05, 0) is 24.6 Å². The number of alkyl halides is 3. The quantitative estimate of drug-likeness (QED) is 0.529. The summed E-state index contributed by atoms with van der Waals surface area (Å²) in [6.45, 7) is 0.714. The fourth-order valence-electron chi connectivity index (χ4n) is 3.22. The van der Waals surface area contributed by atoms with Crippen molar-refractivity contribution in [3.63, 3.8) is 0 Å². The zero-order valence-electron chi connectivity index (χ0n) is 16.4. The molecule has 0 spiro atoms. The maximum atomic E-state index is 13.0. The summed E-state index contributed by atoms with van der Waals surface area (Å²) < 4.78 is 44.8. The minimum atomic E-state index is -4.47. The molecule has 0 saturated carbocycles. The van der Waals surface area contributed by atoms with Gasteiger partial charge in [0.25, 0.3) is 0 Å². The van der Waals surface area contributed by atoms with E-state index < -0.39 is 17.7 Å². The van der Waals surface area contributed by atoms with Gasteiger partial charge < -0.3 is 20.1 Å². The van der Waals surface area contributed by atoms with Crippen LogP contribution in [-0.4, -0.2) is 58.9 Å². The first kappa shape index (κ1) is 23.2. The van der Waals surface area contributed by atoms with Gasteiger partial charge in [-0.1, -0.05) is 11.8 Å². The summed E-state index contributed by atoms with van der Waals surface area (Å²) in [5, 5.41) is 13.4. The summed E-state index contributed by atoms with van der Waals surface area (Å²) in [5.41, 5.74) is -0.576. The zero-order chi connectivity index (χ0) is 22.6. The van der Waals surface area contributed by atoms with E-state index in [9.17, 15) is 22.8 Å². The van der Waals surface area contributed by atoms with Crippen molar-refractivity contribution in [2.75, 3.05) is 31.3 Å². The second-order valence-corrected chi connectivity index (χ2v) is 8.93. The number of hydrogen-bond donors (Lipinski definition) is 2. The number of carboxylic acid groups (broad SMARTS) is 1. The molecule has 0 bridgehead atoms. The largest absolute Gasteiger partial charge is 0.495 e. The average molecular weight is 476 g/mol. The molecule has 1 aromatic carbocycles. The number of amides is 1. The summed E-state index contributed by atoms with van der Waals surface area (Å²) in [4.78, 5) is 28.9. The summed E-state index contributed by atoms with van der Waals surface area (Å²) in [6, 6.07) is 3.05. The van der Waals surface area contributed by atoms with Crippen molar-refractivity contribution >= 4 is 40.7 Å². The fourth-order valence-corrected chi connectivity index (χ4v) is 5.03. The maximum Gasteiger partial charge on any atom is 0.416 e. The second-order valence-electron chi connectivity index (χ2n) is 6.73. The van der Waals surface area contributed by atoms with E-state index in [4.69, 9.17) is 9.84 Å². The van der Waals surface area contributed by atoms with E-state index in [-0.39, 0.29) is 35.6 Å². The van der Waals surface area contributed by atoms with E-state index in [0.29, 0.717) is 29.5 Å². The Labute approximate surface area is 184 Å². The number of anilines is 1. The first-order chi connectivity index (χ1) is 14.7. The molecule has 2 heterocycles. The molecule has 168 valence electrons. The first-order valence-corrected chi connectivity index (χ1v) is 11.2. The number of thiazole rings is 1. The van der Waals surface area contributed by atoms with Crippen LogP contribution in [0, 0.1) is 0 Å². The number of carbonyl (C=O) groups is 2. The number of nitrogens with zero attached hydrogens (tertiary/aromatic N) is 2. The van der Waals surface area contributed by atoms with Crippen molar-refractivity contribution < 1.29 is 32.6 Å². The van der Waals surface area contributed by atoms with E-state index in [1.807, 2.05) is 0 Å². The number of carbonyl (C=O) groups excluding carboxylic acids is 1. The monoisotopic (exact) mass is 475 g/mol. The Morgan fingerprint density at radius 1 is 1.45 bits per heavy atom. The third kappa shape index (κ3) is 5.82. The Kier molecular flexibility index (Phi) is 7.31. The molecule has 1 aliphatic rings. The van der Waals surface area contributed by atoms with Gasteiger partial charge in [-0.15, -0.1) is 11.3 Å². The number of halogens is 3. The van der Waals surface area contributed by atoms with Gasteiger partial charge in [0, 0.05) is 36.7 Å². The van der Waals surface area contributed by atoms with Crippen molar-refractivity contribution in [3.8, 4) is 5.75 Å². The maximum absolute atomic E-state index is 13.0. The van der Waals surface area contributed by atoms with E-state index in [1.54, 1.807) is 4.90 Å². The summed E-state index contributed by atoms with van der Waals surface area (Å²) in [6.07, 6.45) is -3.50. The van der Waals surface area contributed by atoms with Crippen LogP contribution in [0.2, 0.25) is 0 Å². The van der Waals surface area contributed by atoms with Gasteiger partial charge in [0.1, 0.15) is 5.75 Å². The number of carboxylic acids is 1. The Morgan fingerprint density at radius 3 is 2.87 bits per heavy atom. The number of hydrogen-bond acceptors (Lipinski definition) is 7. The lowest BCUT2D eigenvalue weighted by Crippen LogP contribution is -2.39. The molecule has 1 saturated heterocycles. The van der Waals surface area contributed by atoms with Crippen LogP contribution in [0.1, 0.15) is 28.9 Å². The molecule has 31 heavy (non-hydrogen) atoms. The van der Waals surface area contributed by atoms with Crippen LogP contribution >= 0.6 is 23.1 Å². The number of aromatic nitrogens is 1. The number of thioether (sulfide) groups is 1.